The topological polar surface area (TPSA) is 9.23 Å². The molecule has 0 N–H and O–H groups in total. The molecule has 1 nitrogen and oxygen atoms in total. The summed E-state index contributed by atoms with van der Waals surface area (Å²) in [6.45, 7) is 20.6. The van der Waals surface area contributed by atoms with E-state index in [2.05, 4.69) is 73.2 Å². The van der Waals surface area contributed by atoms with E-state index in [-0.39, 0.29) is 0 Å². The van der Waals surface area contributed by atoms with Gasteiger partial charge in [-0.3, -0.25) is 0 Å². The summed E-state index contributed by atoms with van der Waals surface area (Å²) < 4.78 is 6.20. The molecule has 0 amide bonds. The lowest BCUT2D eigenvalue weighted by Crippen LogP contribution is -2.52. The van der Waals surface area contributed by atoms with Gasteiger partial charge >= 0.3 is 0 Å². The SMILES string of the molecule is C=CCOc1c(C)cccc1[Si](CC)(CC)C1C(C)=C(C)C(C)=C1C. The van der Waals surface area contributed by atoms with Crippen LogP contribution in [0.2, 0.25) is 17.6 Å². The molecule has 0 aromatic heterocycles. The van der Waals surface area contributed by atoms with E-state index in [9.17, 15) is 0 Å². The van der Waals surface area contributed by atoms with Gasteiger partial charge in [-0.25, -0.2) is 0 Å². The molecule has 0 bridgehead atoms. The Balaban J connectivity index is 2.71. The highest BCUT2D eigenvalue weighted by atomic mass is 28.3. The van der Waals surface area contributed by atoms with Gasteiger partial charge < -0.3 is 4.74 Å². The maximum atomic E-state index is 6.20. The van der Waals surface area contributed by atoms with Crippen LogP contribution in [0.3, 0.4) is 0 Å². The molecule has 0 atom stereocenters. The zero-order chi connectivity index (χ0) is 18.8. The average molecular weight is 355 g/mol. The van der Waals surface area contributed by atoms with Crippen molar-refractivity contribution in [1.29, 1.82) is 0 Å². The number of allylic oxidation sites excluding steroid dienone is 4. The van der Waals surface area contributed by atoms with Crippen LogP contribution in [0.15, 0.2) is 53.1 Å². The van der Waals surface area contributed by atoms with Gasteiger partial charge in [0, 0.05) is 5.54 Å². The van der Waals surface area contributed by atoms with E-state index in [4.69, 9.17) is 4.74 Å². The molecule has 2 rings (SSSR count). The van der Waals surface area contributed by atoms with Gasteiger partial charge in [0.05, 0.1) is 0 Å². The lowest BCUT2D eigenvalue weighted by Gasteiger charge is -2.39. The van der Waals surface area contributed by atoms with Gasteiger partial charge in [0.2, 0.25) is 0 Å². The fraction of sp³-hybridized carbons (Fsp3) is 0.478. The number of rotatable bonds is 7. The highest BCUT2D eigenvalue weighted by Crippen LogP contribution is 2.49. The number of hydrogen-bond donors (Lipinski definition) is 0. The summed E-state index contributed by atoms with van der Waals surface area (Å²) in [6.07, 6.45) is 1.84. The predicted molar refractivity (Wildman–Crippen MR) is 114 cm³/mol. The summed E-state index contributed by atoms with van der Waals surface area (Å²) >= 11 is 0. The first kappa shape index (κ1) is 19.8. The fourth-order valence-electron chi connectivity index (χ4n) is 4.75. The Morgan fingerprint density at radius 3 is 2.04 bits per heavy atom. The molecule has 2 heteroatoms. The van der Waals surface area contributed by atoms with Crippen molar-refractivity contribution in [3.63, 3.8) is 0 Å². The molecule has 0 spiro atoms. The molecular formula is C23H34OSi. The number of benzene rings is 1. The molecule has 0 heterocycles. The Kier molecular flexibility index (Phi) is 6.15. The van der Waals surface area contributed by atoms with E-state index in [0.717, 1.165) is 5.75 Å². The van der Waals surface area contributed by atoms with Crippen LogP contribution < -0.4 is 9.92 Å². The molecule has 0 saturated heterocycles. The number of hydrogen-bond acceptors (Lipinski definition) is 1. The van der Waals surface area contributed by atoms with E-state index in [1.807, 2.05) is 6.08 Å². The van der Waals surface area contributed by atoms with Gasteiger partial charge in [0.1, 0.15) is 20.4 Å². The molecule has 1 aliphatic carbocycles. The molecule has 1 aromatic carbocycles. The largest absolute Gasteiger partial charge is 0.489 e. The standard InChI is InChI=1S/C23H34OSi/c1-9-15-24-22-16(4)13-12-14-21(22)25(10-2,11-3)23-19(7)17(5)18(6)20(23)8/h9,12-14,23H,1,10-11,15H2,2-8H3. The van der Waals surface area contributed by atoms with E-state index in [0.29, 0.717) is 12.1 Å². The lowest BCUT2D eigenvalue weighted by atomic mass is 10.1. The third kappa shape index (κ3) is 3.17. The highest BCUT2D eigenvalue weighted by Gasteiger charge is 2.46. The van der Waals surface area contributed by atoms with Crippen LogP contribution in [0.25, 0.3) is 0 Å². The van der Waals surface area contributed by atoms with Crippen LogP contribution in [-0.2, 0) is 0 Å². The van der Waals surface area contributed by atoms with Crippen LogP contribution in [0.4, 0.5) is 0 Å². The normalized spacial score (nSPS) is 16.0. The minimum atomic E-state index is -1.80. The second kappa shape index (κ2) is 7.78. The van der Waals surface area contributed by atoms with Crippen molar-refractivity contribution < 1.29 is 4.74 Å². The summed E-state index contributed by atoms with van der Waals surface area (Å²) in [6, 6.07) is 9.19. The Bertz CT molecular complexity index is 696. The Labute approximate surface area is 155 Å². The van der Waals surface area contributed by atoms with Crippen LogP contribution in [-0.4, -0.2) is 14.7 Å². The molecule has 0 saturated carbocycles. The van der Waals surface area contributed by atoms with Gasteiger partial charge in [-0.2, -0.15) is 0 Å². The minimum Gasteiger partial charge on any atom is -0.489 e. The second-order valence-corrected chi connectivity index (χ2v) is 12.3. The van der Waals surface area contributed by atoms with Crippen molar-refractivity contribution in [3.8, 4) is 5.75 Å². The van der Waals surface area contributed by atoms with Crippen LogP contribution in [0.5, 0.6) is 5.75 Å². The highest BCUT2D eigenvalue weighted by molar-refractivity contribution is 6.94. The van der Waals surface area contributed by atoms with E-state index in [1.54, 1.807) is 11.1 Å². The fourth-order valence-corrected chi connectivity index (χ4v) is 10.4. The molecule has 0 aliphatic heterocycles. The molecule has 1 aromatic rings. The Morgan fingerprint density at radius 2 is 1.56 bits per heavy atom. The van der Waals surface area contributed by atoms with Gasteiger partial charge in [0.15, 0.2) is 0 Å². The molecule has 25 heavy (non-hydrogen) atoms. The first-order valence-corrected chi connectivity index (χ1v) is 12.0. The molecule has 136 valence electrons. The number of ether oxygens (including phenoxy) is 1. The summed E-state index contributed by atoms with van der Waals surface area (Å²) in [5.41, 5.74) is 8.01. The lowest BCUT2D eigenvalue weighted by molar-refractivity contribution is 0.363. The minimum absolute atomic E-state index is 0.572. The van der Waals surface area contributed by atoms with Gasteiger partial charge in [-0.1, -0.05) is 67.9 Å². The quantitative estimate of drug-likeness (QED) is 0.412. The van der Waals surface area contributed by atoms with Crippen LogP contribution >= 0.6 is 0 Å². The van der Waals surface area contributed by atoms with E-state index < -0.39 is 8.07 Å². The maximum Gasteiger partial charge on any atom is 0.121 e. The molecule has 0 radical (unpaired) electrons. The summed E-state index contributed by atoms with van der Waals surface area (Å²) in [4.78, 5) is 0. The summed E-state index contributed by atoms with van der Waals surface area (Å²) in [5, 5.41) is 1.49. The predicted octanol–water partition coefficient (Wildman–Crippen LogP) is 6.31. The third-order valence-electron chi connectivity index (χ3n) is 6.52. The van der Waals surface area contributed by atoms with Gasteiger partial charge in [-0.15, -0.1) is 0 Å². The smallest absolute Gasteiger partial charge is 0.121 e. The van der Waals surface area contributed by atoms with Crippen molar-refractivity contribution >= 4 is 13.3 Å². The van der Waals surface area contributed by atoms with Crippen LogP contribution in [0, 0.1) is 6.92 Å². The van der Waals surface area contributed by atoms with Crippen molar-refractivity contribution in [1.82, 2.24) is 0 Å². The zero-order valence-electron chi connectivity index (χ0n) is 17.1. The van der Waals surface area contributed by atoms with Crippen molar-refractivity contribution in [2.75, 3.05) is 6.61 Å². The Morgan fingerprint density at radius 1 is 1.00 bits per heavy atom. The first-order chi connectivity index (χ1) is 11.9. The Hall–Kier alpha value is -1.54. The second-order valence-electron chi connectivity index (χ2n) is 7.46. The molecule has 0 unspecified atom stereocenters. The monoisotopic (exact) mass is 354 g/mol. The zero-order valence-corrected chi connectivity index (χ0v) is 18.1. The van der Waals surface area contributed by atoms with Crippen molar-refractivity contribution in [2.45, 2.75) is 66.1 Å². The third-order valence-corrected chi connectivity index (χ3v) is 12.5. The number of aryl methyl sites for hydroxylation is 1. The van der Waals surface area contributed by atoms with Crippen LogP contribution in [0.1, 0.15) is 47.1 Å². The molecular weight excluding hydrogens is 320 g/mol. The van der Waals surface area contributed by atoms with E-state index >= 15 is 0 Å². The number of para-hydroxylation sites is 1. The molecule has 0 fully saturated rings. The average Bonchev–Trinajstić information content (AvgIpc) is 2.80. The molecule has 1 aliphatic rings. The van der Waals surface area contributed by atoms with Gasteiger partial charge in [-0.05, 0) is 56.5 Å². The first-order valence-electron chi connectivity index (χ1n) is 9.54. The van der Waals surface area contributed by atoms with E-state index in [1.165, 1.54) is 34.0 Å². The summed E-state index contributed by atoms with van der Waals surface area (Å²) in [5.74, 6) is 1.11. The van der Waals surface area contributed by atoms with Crippen molar-refractivity contribution in [2.24, 2.45) is 0 Å². The van der Waals surface area contributed by atoms with Crippen molar-refractivity contribution in [3.05, 3.63) is 58.7 Å². The maximum absolute atomic E-state index is 6.20. The van der Waals surface area contributed by atoms with Gasteiger partial charge in [0.25, 0.3) is 0 Å². The summed E-state index contributed by atoms with van der Waals surface area (Å²) in [7, 11) is -1.80.